The molecule has 0 fully saturated rings. The summed E-state index contributed by atoms with van der Waals surface area (Å²) in [5.74, 6) is 0.688. The number of halogens is 1. The van der Waals surface area contributed by atoms with Crippen LogP contribution in [-0.4, -0.2) is 9.97 Å². The zero-order chi connectivity index (χ0) is 11.7. The van der Waals surface area contributed by atoms with Gasteiger partial charge in [0.05, 0.1) is 0 Å². The number of hydrogen-bond donors (Lipinski definition) is 0. The van der Waals surface area contributed by atoms with Crippen LogP contribution in [0.15, 0.2) is 24.4 Å². The first-order chi connectivity index (χ1) is 7.58. The van der Waals surface area contributed by atoms with Gasteiger partial charge in [0, 0.05) is 17.3 Å². The molecule has 0 unspecified atom stereocenters. The van der Waals surface area contributed by atoms with Crippen molar-refractivity contribution in [2.24, 2.45) is 0 Å². The van der Waals surface area contributed by atoms with Gasteiger partial charge in [0.1, 0.15) is 5.15 Å². The van der Waals surface area contributed by atoms with E-state index in [2.05, 4.69) is 35.9 Å². The minimum atomic E-state index is 0.518. The third-order valence-electron chi connectivity index (χ3n) is 2.53. The van der Waals surface area contributed by atoms with E-state index in [4.69, 9.17) is 11.6 Å². The quantitative estimate of drug-likeness (QED) is 0.701. The van der Waals surface area contributed by atoms with Gasteiger partial charge in [-0.15, -0.1) is 0 Å². The molecule has 0 aliphatic carbocycles. The van der Waals surface area contributed by atoms with Gasteiger partial charge < -0.3 is 0 Å². The van der Waals surface area contributed by atoms with Crippen LogP contribution in [-0.2, 0) is 0 Å². The second-order valence-corrected chi connectivity index (χ2v) is 4.34. The molecule has 2 aromatic rings. The van der Waals surface area contributed by atoms with Crippen molar-refractivity contribution in [1.29, 1.82) is 0 Å². The molecule has 1 aromatic heterocycles. The summed E-state index contributed by atoms with van der Waals surface area (Å²) in [7, 11) is 0. The molecule has 0 atom stereocenters. The van der Waals surface area contributed by atoms with E-state index < -0.39 is 0 Å². The maximum absolute atomic E-state index is 6.00. The molecule has 0 saturated heterocycles. The molecule has 0 aliphatic rings. The highest BCUT2D eigenvalue weighted by atomic mass is 35.5. The lowest BCUT2D eigenvalue weighted by molar-refractivity contribution is 1.13. The predicted octanol–water partition coefficient (Wildman–Crippen LogP) is 3.72. The average Bonchev–Trinajstić information content (AvgIpc) is 2.22. The maximum atomic E-state index is 6.00. The highest BCUT2D eigenvalue weighted by Crippen LogP contribution is 2.22. The van der Waals surface area contributed by atoms with E-state index >= 15 is 0 Å². The van der Waals surface area contributed by atoms with E-state index in [-0.39, 0.29) is 0 Å². The van der Waals surface area contributed by atoms with E-state index in [0.29, 0.717) is 11.0 Å². The summed E-state index contributed by atoms with van der Waals surface area (Å²) in [6.07, 6.45) is 1.75. The van der Waals surface area contributed by atoms with Gasteiger partial charge in [0.2, 0.25) is 0 Å². The van der Waals surface area contributed by atoms with Crippen molar-refractivity contribution in [3.8, 4) is 11.4 Å². The van der Waals surface area contributed by atoms with Crippen LogP contribution in [0.2, 0.25) is 5.15 Å². The fraction of sp³-hybridized carbons (Fsp3) is 0.231. The number of nitrogens with zero attached hydrogens (tertiary/aromatic N) is 2. The van der Waals surface area contributed by atoms with Crippen molar-refractivity contribution in [3.05, 3.63) is 46.2 Å². The van der Waals surface area contributed by atoms with Crippen LogP contribution in [0.3, 0.4) is 0 Å². The van der Waals surface area contributed by atoms with Crippen LogP contribution >= 0.6 is 11.6 Å². The lowest BCUT2D eigenvalue weighted by Crippen LogP contribution is -1.93. The summed E-state index contributed by atoms with van der Waals surface area (Å²) in [6, 6.07) is 6.21. The molecule has 0 bridgehead atoms. The van der Waals surface area contributed by atoms with E-state index in [1.165, 1.54) is 11.1 Å². The Morgan fingerprint density at radius 2 is 1.81 bits per heavy atom. The van der Waals surface area contributed by atoms with Crippen LogP contribution < -0.4 is 0 Å². The SMILES string of the molecule is Cc1ccc(-c2ncc(C)c(Cl)n2)c(C)c1. The summed E-state index contributed by atoms with van der Waals surface area (Å²) in [4.78, 5) is 8.59. The Kier molecular flexibility index (Phi) is 2.92. The predicted molar refractivity (Wildman–Crippen MR) is 66.7 cm³/mol. The van der Waals surface area contributed by atoms with Gasteiger partial charge in [-0.05, 0) is 26.3 Å². The molecule has 0 radical (unpaired) electrons. The second-order valence-electron chi connectivity index (χ2n) is 3.99. The number of rotatable bonds is 1. The van der Waals surface area contributed by atoms with Crippen molar-refractivity contribution in [3.63, 3.8) is 0 Å². The number of aryl methyl sites for hydroxylation is 3. The summed E-state index contributed by atoms with van der Waals surface area (Å²) in [5, 5.41) is 0.518. The van der Waals surface area contributed by atoms with Crippen molar-refractivity contribution in [2.45, 2.75) is 20.8 Å². The van der Waals surface area contributed by atoms with Crippen LogP contribution in [0.4, 0.5) is 0 Å². The van der Waals surface area contributed by atoms with Gasteiger partial charge in [-0.3, -0.25) is 0 Å². The minimum absolute atomic E-state index is 0.518. The van der Waals surface area contributed by atoms with E-state index in [0.717, 1.165) is 11.1 Å². The van der Waals surface area contributed by atoms with Crippen LogP contribution in [0, 0.1) is 20.8 Å². The van der Waals surface area contributed by atoms with E-state index in [1.54, 1.807) is 6.20 Å². The minimum Gasteiger partial charge on any atom is -0.236 e. The third kappa shape index (κ3) is 2.07. The Balaban J connectivity index is 2.54. The van der Waals surface area contributed by atoms with Crippen LogP contribution in [0.1, 0.15) is 16.7 Å². The molecule has 3 heteroatoms. The van der Waals surface area contributed by atoms with E-state index in [1.807, 2.05) is 13.0 Å². The van der Waals surface area contributed by atoms with Gasteiger partial charge in [-0.1, -0.05) is 35.4 Å². The smallest absolute Gasteiger partial charge is 0.161 e. The summed E-state index contributed by atoms with van der Waals surface area (Å²) in [5.41, 5.74) is 4.34. The van der Waals surface area contributed by atoms with Gasteiger partial charge in [-0.2, -0.15) is 0 Å². The molecular weight excluding hydrogens is 220 g/mol. The van der Waals surface area contributed by atoms with Gasteiger partial charge in [-0.25, -0.2) is 9.97 Å². The molecule has 0 saturated carbocycles. The Labute approximate surface area is 100 Å². The summed E-state index contributed by atoms with van der Waals surface area (Å²) < 4.78 is 0. The van der Waals surface area contributed by atoms with Gasteiger partial charge >= 0.3 is 0 Å². The maximum Gasteiger partial charge on any atom is 0.161 e. The Hall–Kier alpha value is -1.41. The lowest BCUT2D eigenvalue weighted by Gasteiger charge is -2.06. The standard InChI is InChI=1S/C13H13ClN2/c1-8-4-5-11(9(2)6-8)13-15-7-10(3)12(14)16-13/h4-7H,1-3H3. The Bertz CT molecular complexity index is 535. The first-order valence-electron chi connectivity index (χ1n) is 5.14. The first kappa shape index (κ1) is 11.1. The number of hydrogen-bond acceptors (Lipinski definition) is 2. The van der Waals surface area contributed by atoms with Crippen molar-refractivity contribution < 1.29 is 0 Å². The van der Waals surface area contributed by atoms with Crippen molar-refractivity contribution in [1.82, 2.24) is 9.97 Å². The van der Waals surface area contributed by atoms with E-state index in [9.17, 15) is 0 Å². The highest BCUT2D eigenvalue weighted by molar-refractivity contribution is 6.30. The van der Waals surface area contributed by atoms with Gasteiger partial charge in [0.15, 0.2) is 5.82 Å². The topological polar surface area (TPSA) is 25.8 Å². The monoisotopic (exact) mass is 232 g/mol. The zero-order valence-electron chi connectivity index (χ0n) is 9.58. The average molecular weight is 233 g/mol. The lowest BCUT2D eigenvalue weighted by atomic mass is 10.1. The normalized spacial score (nSPS) is 10.5. The number of aromatic nitrogens is 2. The molecule has 2 rings (SSSR count). The summed E-state index contributed by atoms with van der Waals surface area (Å²) >= 11 is 6.00. The molecule has 0 N–H and O–H groups in total. The largest absolute Gasteiger partial charge is 0.236 e. The van der Waals surface area contributed by atoms with Crippen molar-refractivity contribution >= 4 is 11.6 Å². The molecular formula is C13H13ClN2. The van der Waals surface area contributed by atoms with Crippen LogP contribution in [0.25, 0.3) is 11.4 Å². The molecule has 1 aromatic carbocycles. The third-order valence-corrected chi connectivity index (χ3v) is 2.92. The molecule has 0 aliphatic heterocycles. The van der Waals surface area contributed by atoms with Gasteiger partial charge in [0.25, 0.3) is 0 Å². The Morgan fingerprint density at radius 1 is 1.06 bits per heavy atom. The second kappa shape index (κ2) is 4.22. The summed E-state index contributed by atoms with van der Waals surface area (Å²) in [6.45, 7) is 6.02. The highest BCUT2D eigenvalue weighted by Gasteiger charge is 2.06. The fourth-order valence-electron chi connectivity index (χ4n) is 1.62. The molecule has 2 nitrogen and oxygen atoms in total. The first-order valence-corrected chi connectivity index (χ1v) is 5.52. The molecule has 16 heavy (non-hydrogen) atoms. The molecule has 0 spiro atoms. The fourth-order valence-corrected chi connectivity index (χ4v) is 1.74. The molecule has 1 heterocycles. The Morgan fingerprint density at radius 3 is 2.44 bits per heavy atom. The zero-order valence-corrected chi connectivity index (χ0v) is 10.3. The molecule has 82 valence electrons. The van der Waals surface area contributed by atoms with Crippen molar-refractivity contribution in [2.75, 3.05) is 0 Å². The van der Waals surface area contributed by atoms with Crippen LogP contribution in [0.5, 0.6) is 0 Å². The number of benzene rings is 1. The molecule has 0 amide bonds.